The normalized spacial score (nSPS) is 14.8. The van der Waals surface area contributed by atoms with Gasteiger partial charge in [0, 0.05) is 42.1 Å². The number of nitrogens with zero attached hydrogens (tertiary/aromatic N) is 4. The number of benzene rings is 1. The van der Waals surface area contributed by atoms with Gasteiger partial charge in [0.25, 0.3) is 0 Å². The summed E-state index contributed by atoms with van der Waals surface area (Å²) in [7, 11) is 0. The quantitative estimate of drug-likeness (QED) is 0.732. The van der Waals surface area contributed by atoms with E-state index < -0.39 is 0 Å². The molecule has 3 heterocycles. The van der Waals surface area contributed by atoms with Gasteiger partial charge in [-0.1, -0.05) is 11.6 Å². The number of ether oxygens (including phenoxy) is 1. The molecule has 4 rings (SSSR count). The Morgan fingerprint density at radius 3 is 2.54 bits per heavy atom. The zero-order chi connectivity index (χ0) is 16.4. The number of halogens is 1. The lowest BCUT2D eigenvalue weighted by Crippen LogP contribution is -2.37. The fourth-order valence-electron chi connectivity index (χ4n) is 2.82. The molecule has 0 N–H and O–H groups in total. The molecular weight excluding hydrogens is 324 g/mol. The Morgan fingerprint density at radius 1 is 1.04 bits per heavy atom. The average Bonchev–Trinajstić information content (AvgIpc) is 3.09. The summed E-state index contributed by atoms with van der Waals surface area (Å²) in [4.78, 5) is 6.49. The summed E-state index contributed by atoms with van der Waals surface area (Å²) in [6, 6.07) is 13.8. The van der Waals surface area contributed by atoms with Crippen LogP contribution in [0.5, 0.6) is 0 Å². The van der Waals surface area contributed by atoms with Crippen LogP contribution in [0.15, 0.2) is 54.9 Å². The summed E-state index contributed by atoms with van der Waals surface area (Å²) in [6.45, 7) is 3.17. The first-order chi connectivity index (χ1) is 11.8. The van der Waals surface area contributed by atoms with Gasteiger partial charge in [-0.2, -0.15) is 5.10 Å². The van der Waals surface area contributed by atoms with Crippen molar-refractivity contribution in [2.45, 2.75) is 0 Å². The second-order valence-corrected chi connectivity index (χ2v) is 6.05. The van der Waals surface area contributed by atoms with Gasteiger partial charge < -0.3 is 9.64 Å². The predicted octanol–water partition coefficient (Wildman–Crippen LogP) is 3.42. The number of hydrogen-bond donors (Lipinski definition) is 0. The van der Waals surface area contributed by atoms with Crippen molar-refractivity contribution in [2.75, 3.05) is 31.2 Å². The Labute approximate surface area is 145 Å². The zero-order valence-electron chi connectivity index (χ0n) is 13.1. The third-order valence-corrected chi connectivity index (χ3v) is 4.31. The molecule has 1 aromatic carbocycles. The lowest BCUT2D eigenvalue weighted by Gasteiger charge is -2.28. The number of rotatable bonds is 3. The first-order valence-corrected chi connectivity index (χ1v) is 8.28. The molecule has 6 heteroatoms. The molecule has 1 aliphatic heterocycles. The molecule has 0 spiro atoms. The van der Waals surface area contributed by atoms with Gasteiger partial charge in [-0.3, -0.25) is 4.98 Å². The molecule has 0 bridgehead atoms. The first-order valence-electron chi connectivity index (χ1n) is 7.90. The number of pyridine rings is 1. The number of aromatic nitrogens is 3. The molecule has 0 amide bonds. The second kappa shape index (κ2) is 6.63. The van der Waals surface area contributed by atoms with E-state index in [-0.39, 0.29) is 0 Å². The topological polar surface area (TPSA) is 43.2 Å². The van der Waals surface area contributed by atoms with Gasteiger partial charge in [-0.05, 0) is 36.4 Å². The van der Waals surface area contributed by atoms with Crippen molar-refractivity contribution in [1.82, 2.24) is 14.8 Å². The van der Waals surface area contributed by atoms with E-state index in [1.165, 1.54) is 0 Å². The van der Waals surface area contributed by atoms with Crippen molar-refractivity contribution >= 4 is 17.4 Å². The Kier molecular flexibility index (Phi) is 4.19. The van der Waals surface area contributed by atoms with E-state index in [2.05, 4.69) is 16.0 Å². The van der Waals surface area contributed by atoms with E-state index >= 15 is 0 Å². The molecule has 1 fully saturated rings. The number of morpholine rings is 1. The summed E-state index contributed by atoms with van der Waals surface area (Å²) in [5.74, 6) is 1.06. The van der Waals surface area contributed by atoms with E-state index in [1.807, 2.05) is 47.3 Å². The van der Waals surface area contributed by atoms with Crippen molar-refractivity contribution < 1.29 is 4.74 Å². The standard InChI is InChI=1S/C18H17ClN4O/c19-15-3-5-16(6-4-15)23-18(22-8-10-24-11-9-22)12-17(21-23)14-2-1-7-20-13-14/h1-7,12-13H,8-11H2. The Morgan fingerprint density at radius 2 is 1.83 bits per heavy atom. The smallest absolute Gasteiger partial charge is 0.133 e. The molecule has 0 saturated carbocycles. The highest BCUT2D eigenvalue weighted by Crippen LogP contribution is 2.28. The van der Waals surface area contributed by atoms with Gasteiger partial charge in [0.1, 0.15) is 5.82 Å². The Hall–Kier alpha value is -2.37. The highest BCUT2D eigenvalue weighted by molar-refractivity contribution is 6.30. The molecule has 0 radical (unpaired) electrons. The van der Waals surface area contributed by atoms with Crippen LogP contribution in [0.2, 0.25) is 5.02 Å². The number of hydrogen-bond acceptors (Lipinski definition) is 4. The van der Waals surface area contributed by atoms with Gasteiger partial charge in [0.05, 0.1) is 24.6 Å². The van der Waals surface area contributed by atoms with Crippen molar-refractivity contribution in [3.63, 3.8) is 0 Å². The van der Waals surface area contributed by atoms with Crippen LogP contribution in [0.3, 0.4) is 0 Å². The Balaban J connectivity index is 1.80. The summed E-state index contributed by atoms with van der Waals surface area (Å²) in [6.07, 6.45) is 3.60. The van der Waals surface area contributed by atoms with Gasteiger partial charge >= 0.3 is 0 Å². The summed E-state index contributed by atoms with van der Waals surface area (Å²) in [5, 5.41) is 5.52. The molecule has 3 aromatic rings. The van der Waals surface area contributed by atoms with Gasteiger partial charge in [-0.25, -0.2) is 4.68 Å². The van der Waals surface area contributed by atoms with Crippen LogP contribution in [0.4, 0.5) is 5.82 Å². The Bertz CT molecular complexity index is 811. The molecule has 122 valence electrons. The van der Waals surface area contributed by atoms with E-state index in [0.717, 1.165) is 49.1 Å². The second-order valence-electron chi connectivity index (χ2n) is 5.62. The van der Waals surface area contributed by atoms with Crippen molar-refractivity contribution in [2.24, 2.45) is 0 Å². The van der Waals surface area contributed by atoms with E-state index in [1.54, 1.807) is 6.20 Å². The maximum atomic E-state index is 6.02. The molecule has 24 heavy (non-hydrogen) atoms. The van der Waals surface area contributed by atoms with Crippen molar-refractivity contribution in [1.29, 1.82) is 0 Å². The van der Waals surface area contributed by atoms with Crippen molar-refractivity contribution in [3.05, 3.63) is 59.9 Å². The minimum atomic E-state index is 0.714. The van der Waals surface area contributed by atoms with Gasteiger partial charge in [-0.15, -0.1) is 0 Å². The van der Waals surface area contributed by atoms with Crippen molar-refractivity contribution in [3.8, 4) is 16.9 Å². The summed E-state index contributed by atoms with van der Waals surface area (Å²) in [5.41, 5.74) is 2.88. The van der Waals surface area contributed by atoms with Crippen LogP contribution in [0, 0.1) is 0 Å². The molecule has 1 aliphatic rings. The van der Waals surface area contributed by atoms with E-state index in [0.29, 0.717) is 5.02 Å². The number of anilines is 1. The van der Waals surface area contributed by atoms with Crippen LogP contribution >= 0.6 is 11.6 Å². The highest BCUT2D eigenvalue weighted by Gasteiger charge is 2.19. The molecule has 0 aliphatic carbocycles. The molecular formula is C18H17ClN4O. The zero-order valence-corrected chi connectivity index (χ0v) is 13.9. The minimum absolute atomic E-state index is 0.714. The molecule has 0 atom stereocenters. The summed E-state index contributed by atoms with van der Waals surface area (Å²) >= 11 is 6.02. The molecule has 0 unspecified atom stereocenters. The largest absolute Gasteiger partial charge is 0.378 e. The molecule has 1 saturated heterocycles. The summed E-state index contributed by atoms with van der Waals surface area (Å²) < 4.78 is 7.44. The lowest BCUT2D eigenvalue weighted by molar-refractivity contribution is 0.122. The van der Waals surface area contributed by atoms with Crippen LogP contribution in [-0.4, -0.2) is 41.1 Å². The SMILES string of the molecule is Clc1ccc(-n2nc(-c3cccnc3)cc2N2CCOCC2)cc1. The van der Waals surface area contributed by atoms with E-state index in [9.17, 15) is 0 Å². The molecule has 5 nitrogen and oxygen atoms in total. The fraction of sp³-hybridized carbons (Fsp3) is 0.222. The maximum absolute atomic E-state index is 6.02. The predicted molar refractivity (Wildman–Crippen MR) is 94.8 cm³/mol. The first kappa shape index (κ1) is 15.2. The van der Waals surface area contributed by atoms with Crippen LogP contribution in [0.25, 0.3) is 16.9 Å². The van der Waals surface area contributed by atoms with Crippen LogP contribution in [0.1, 0.15) is 0 Å². The lowest BCUT2D eigenvalue weighted by atomic mass is 10.2. The van der Waals surface area contributed by atoms with Crippen LogP contribution < -0.4 is 4.90 Å². The highest BCUT2D eigenvalue weighted by atomic mass is 35.5. The third kappa shape index (κ3) is 3.00. The maximum Gasteiger partial charge on any atom is 0.133 e. The third-order valence-electron chi connectivity index (χ3n) is 4.05. The van der Waals surface area contributed by atoms with Gasteiger partial charge in [0.2, 0.25) is 0 Å². The fourth-order valence-corrected chi connectivity index (χ4v) is 2.94. The molecule has 2 aromatic heterocycles. The monoisotopic (exact) mass is 340 g/mol. The van der Waals surface area contributed by atoms with Gasteiger partial charge in [0.15, 0.2) is 0 Å². The average molecular weight is 341 g/mol. The van der Waals surface area contributed by atoms with Crippen LogP contribution in [-0.2, 0) is 4.74 Å². The van der Waals surface area contributed by atoms with E-state index in [4.69, 9.17) is 21.4 Å². The minimum Gasteiger partial charge on any atom is -0.378 e.